The number of carbonyl (C=O) groups is 2. The number of rotatable bonds is 12. The lowest BCUT2D eigenvalue weighted by molar-refractivity contribution is -0.118. The van der Waals surface area contributed by atoms with Crippen molar-refractivity contribution >= 4 is 17.9 Å². The quantitative estimate of drug-likeness (QED) is 0.196. The molecule has 2 amide bonds. The standard InChI is InChI=1S/C31H30N2O6/c1-22-9-13-24(14-10-22)30(34)33-27(31(35)32-21-26-6-5-17-37-26)20-23-11-15-25(16-12-23)38-18-19-39-29-8-4-3-7-28(29)36-2/h3-17,20H,18-19,21H2,1-2H3,(H,32,35)(H,33,34)/b27-20+. The van der Waals surface area contributed by atoms with E-state index in [9.17, 15) is 9.59 Å². The molecular weight excluding hydrogens is 496 g/mol. The Labute approximate surface area is 227 Å². The van der Waals surface area contributed by atoms with E-state index in [-0.39, 0.29) is 18.1 Å². The molecule has 2 N–H and O–H groups in total. The van der Waals surface area contributed by atoms with Gasteiger partial charge in [0.2, 0.25) is 0 Å². The maximum Gasteiger partial charge on any atom is 0.268 e. The van der Waals surface area contributed by atoms with Crippen molar-refractivity contribution in [1.29, 1.82) is 0 Å². The third-order valence-corrected chi connectivity index (χ3v) is 5.68. The van der Waals surface area contributed by atoms with Gasteiger partial charge in [-0.25, -0.2) is 0 Å². The number of hydrogen-bond donors (Lipinski definition) is 2. The second kappa shape index (κ2) is 13.5. The molecule has 0 aliphatic heterocycles. The Morgan fingerprint density at radius 1 is 0.846 bits per heavy atom. The summed E-state index contributed by atoms with van der Waals surface area (Å²) in [5.41, 5.74) is 2.29. The largest absolute Gasteiger partial charge is 0.493 e. The number of benzene rings is 3. The van der Waals surface area contributed by atoms with Crippen molar-refractivity contribution in [3.05, 3.63) is 119 Å². The lowest BCUT2D eigenvalue weighted by Crippen LogP contribution is -2.34. The molecule has 0 saturated heterocycles. The Morgan fingerprint density at radius 2 is 1.56 bits per heavy atom. The second-order valence-corrected chi connectivity index (χ2v) is 8.56. The van der Waals surface area contributed by atoms with Gasteiger partial charge in [-0.1, -0.05) is 42.0 Å². The monoisotopic (exact) mass is 526 g/mol. The molecule has 0 bridgehead atoms. The lowest BCUT2D eigenvalue weighted by atomic mass is 10.1. The summed E-state index contributed by atoms with van der Waals surface area (Å²) in [4.78, 5) is 25.8. The molecule has 0 aliphatic rings. The SMILES string of the molecule is COc1ccccc1OCCOc1ccc(/C=C(/NC(=O)c2ccc(C)cc2)C(=O)NCc2ccco2)cc1. The normalized spacial score (nSPS) is 11.0. The number of carbonyl (C=O) groups excluding carboxylic acids is 2. The average molecular weight is 527 g/mol. The third kappa shape index (κ3) is 8.00. The van der Waals surface area contributed by atoms with Gasteiger partial charge in [0.25, 0.3) is 11.8 Å². The first-order valence-corrected chi connectivity index (χ1v) is 12.4. The van der Waals surface area contributed by atoms with Crippen LogP contribution in [0, 0.1) is 6.92 Å². The summed E-state index contributed by atoms with van der Waals surface area (Å²) in [6.07, 6.45) is 3.14. The van der Waals surface area contributed by atoms with Crippen molar-refractivity contribution in [3.63, 3.8) is 0 Å². The number of methoxy groups -OCH3 is 1. The third-order valence-electron chi connectivity index (χ3n) is 5.68. The first-order chi connectivity index (χ1) is 19.0. The van der Waals surface area contributed by atoms with E-state index < -0.39 is 5.91 Å². The molecular formula is C31H30N2O6. The lowest BCUT2D eigenvalue weighted by Gasteiger charge is -2.12. The van der Waals surface area contributed by atoms with Gasteiger partial charge in [0, 0.05) is 5.56 Å². The molecule has 0 spiro atoms. The molecule has 0 aliphatic carbocycles. The number of aryl methyl sites for hydroxylation is 1. The predicted octanol–water partition coefficient (Wildman–Crippen LogP) is 5.14. The van der Waals surface area contributed by atoms with Crippen LogP contribution in [0.4, 0.5) is 0 Å². The highest BCUT2D eigenvalue weighted by atomic mass is 16.5. The first kappa shape index (κ1) is 27.1. The van der Waals surface area contributed by atoms with Crippen molar-refractivity contribution in [2.75, 3.05) is 20.3 Å². The van der Waals surface area contributed by atoms with E-state index in [4.69, 9.17) is 18.6 Å². The van der Waals surface area contributed by atoms with E-state index in [2.05, 4.69) is 10.6 Å². The van der Waals surface area contributed by atoms with Gasteiger partial charge in [-0.2, -0.15) is 0 Å². The Hall–Kier alpha value is -4.98. The van der Waals surface area contributed by atoms with E-state index >= 15 is 0 Å². The molecule has 0 saturated carbocycles. The Balaban J connectivity index is 1.39. The fourth-order valence-electron chi connectivity index (χ4n) is 3.61. The zero-order chi connectivity index (χ0) is 27.5. The van der Waals surface area contributed by atoms with E-state index in [0.29, 0.717) is 47.3 Å². The number of nitrogens with one attached hydrogen (secondary N) is 2. The Kier molecular flexibility index (Phi) is 9.39. The first-order valence-electron chi connectivity index (χ1n) is 12.4. The molecule has 4 aromatic rings. The van der Waals surface area contributed by atoms with Crippen LogP contribution in [0.3, 0.4) is 0 Å². The van der Waals surface area contributed by atoms with Gasteiger partial charge in [0.1, 0.15) is 30.4 Å². The smallest absolute Gasteiger partial charge is 0.268 e. The van der Waals surface area contributed by atoms with Crippen LogP contribution in [0.2, 0.25) is 0 Å². The second-order valence-electron chi connectivity index (χ2n) is 8.56. The van der Waals surface area contributed by atoms with E-state index in [1.165, 1.54) is 6.26 Å². The van der Waals surface area contributed by atoms with Crippen LogP contribution in [0.1, 0.15) is 27.2 Å². The van der Waals surface area contributed by atoms with Crippen molar-refractivity contribution < 1.29 is 28.2 Å². The van der Waals surface area contributed by atoms with Crippen LogP contribution in [-0.4, -0.2) is 32.1 Å². The van der Waals surface area contributed by atoms with E-state index in [1.54, 1.807) is 61.7 Å². The molecule has 4 rings (SSSR count). The maximum atomic E-state index is 13.0. The highest BCUT2D eigenvalue weighted by Crippen LogP contribution is 2.25. The van der Waals surface area contributed by atoms with Crippen LogP contribution >= 0.6 is 0 Å². The van der Waals surface area contributed by atoms with E-state index in [0.717, 1.165) is 5.56 Å². The number of para-hydroxylation sites is 2. The van der Waals surface area contributed by atoms with Crippen molar-refractivity contribution in [2.24, 2.45) is 0 Å². The van der Waals surface area contributed by atoms with Crippen molar-refractivity contribution in [2.45, 2.75) is 13.5 Å². The molecule has 8 heteroatoms. The van der Waals surface area contributed by atoms with Crippen LogP contribution < -0.4 is 24.8 Å². The molecule has 200 valence electrons. The summed E-state index contributed by atoms with van der Waals surface area (Å²) in [5, 5.41) is 5.51. The zero-order valence-corrected chi connectivity index (χ0v) is 21.8. The van der Waals surface area contributed by atoms with Gasteiger partial charge in [0.05, 0.1) is 19.9 Å². The minimum Gasteiger partial charge on any atom is -0.493 e. The van der Waals surface area contributed by atoms with Gasteiger partial charge < -0.3 is 29.3 Å². The summed E-state index contributed by atoms with van der Waals surface area (Å²) >= 11 is 0. The number of amides is 2. The van der Waals surface area contributed by atoms with Gasteiger partial charge in [-0.3, -0.25) is 9.59 Å². The fraction of sp³-hybridized carbons (Fsp3) is 0.161. The van der Waals surface area contributed by atoms with Gasteiger partial charge >= 0.3 is 0 Å². The summed E-state index contributed by atoms with van der Waals surface area (Å²) in [7, 11) is 1.59. The van der Waals surface area contributed by atoms with Crippen molar-refractivity contribution in [1.82, 2.24) is 10.6 Å². The molecule has 0 radical (unpaired) electrons. The molecule has 0 fully saturated rings. The number of hydrogen-bond acceptors (Lipinski definition) is 6. The van der Waals surface area contributed by atoms with Gasteiger partial charge in [-0.15, -0.1) is 0 Å². The topological polar surface area (TPSA) is 99.0 Å². The minimum absolute atomic E-state index is 0.103. The Bertz CT molecular complexity index is 1390. The summed E-state index contributed by atoms with van der Waals surface area (Å²) in [6.45, 7) is 2.80. The summed E-state index contributed by atoms with van der Waals surface area (Å²) in [6, 6.07) is 25.2. The molecule has 0 unspecified atom stereocenters. The van der Waals surface area contributed by atoms with E-state index in [1.807, 2.05) is 43.3 Å². The zero-order valence-electron chi connectivity index (χ0n) is 21.8. The molecule has 39 heavy (non-hydrogen) atoms. The molecule has 3 aromatic carbocycles. The molecule has 1 heterocycles. The minimum atomic E-state index is -0.444. The summed E-state index contributed by atoms with van der Waals surface area (Å²) in [5.74, 6) is 1.72. The predicted molar refractivity (Wildman–Crippen MR) is 148 cm³/mol. The maximum absolute atomic E-state index is 13.0. The number of ether oxygens (including phenoxy) is 3. The van der Waals surface area contributed by atoms with Gasteiger partial charge in [0.15, 0.2) is 11.5 Å². The highest BCUT2D eigenvalue weighted by Gasteiger charge is 2.15. The highest BCUT2D eigenvalue weighted by molar-refractivity contribution is 6.05. The van der Waals surface area contributed by atoms with Crippen molar-refractivity contribution in [3.8, 4) is 17.2 Å². The summed E-state index contributed by atoms with van der Waals surface area (Å²) < 4.78 is 22.1. The molecule has 0 atom stereocenters. The molecule has 1 aromatic heterocycles. The van der Waals surface area contributed by atoms with Crippen LogP contribution in [0.15, 0.2) is 101 Å². The van der Waals surface area contributed by atoms with Crippen LogP contribution in [0.5, 0.6) is 17.2 Å². The van der Waals surface area contributed by atoms with Crippen LogP contribution in [0.25, 0.3) is 6.08 Å². The fourth-order valence-corrected chi connectivity index (χ4v) is 3.61. The Morgan fingerprint density at radius 3 is 2.26 bits per heavy atom. The molecule has 8 nitrogen and oxygen atoms in total. The number of furan rings is 1. The average Bonchev–Trinajstić information content (AvgIpc) is 3.49. The van der Waals surface area contributed by atoms with Gasteiger partial charge in [-0.05, 0) is 67.1 Å². The van der Waals surface area contributed by atoms with Crippen LogP contribution in [-0.2, 0) is 11.3 Å².